The third kappa shape index (κ3) is 3.36. The van der Waals surface area contributed by atoms with E-state index >= 15 is 0 Å². The van der Waals surface area contributed by atoms with E-state index in [2.05, 4.69) is 33.9 Å². The van der Waals surface area contributed by atoms with Crippen LogP contribution >= 0.6 is 0 Å². The van der Waals surface area contributed by atoms with Gasteiger partial charge in [0.05, 0.1) is 18.1 Å². The van der Waals surface area contributed by atoms with Crippen LogP contribution in [0.4, 0.5) is 5.69 Å². The summed E-state index contributed by atoms with van der Waals surface area (Å²) in [7, 11) is 0. The van der Waals surface area contributed by atoms with Crippen LogP contribution in [0.15, 0.2) is 36.7 Å². The van der Waals surface area contributed by atoms with Gasteiger partial charge in [-0.1, -0.05) is 12.1 Å². The van der Waals surface area contributed by atoms with Gasteiger partial charge in [0.15, 0.2) is 0 Å². The Morgan fingerprint density at radius 2 is 2.12 bits per heavy atom. The van der Waals surface area contributed by atoms with Crippen LogP contribution < -0.4 is 5.32 Å². The molecule has 1 aliphatic heterocycles. The maximum atomic E-state index is 12.5. The Labute approximate surface area is 143 Å². The maximum absolute atomic E-state index is 12.5. The number of anilines is 1. The first-order chi connectivity index (χ1) is 11.5. The van der Waals surface area contributed by atoms with E-state index < -0.39 is 5.41 Å². The summed E-state index contributed by atoms with van der Waals surface area (Å²) >= 11 is 0. The smallest absolute Gasteiger partial charge is 0.232 e. The van der Waals surface area contributed by atoms with Gasteiger partial charge in [0.2, 0.25) is 5.91 Å². The average molecular weight is 327 g/mol. The van der Waals surface area contributed by atoms with Crippen LogP contribution in [0.3, 0.4) is 0 Å². The fraction of sp³-hybridized carbons (Fsp3) is 0.474. The van der Waals surface area contributed by atoms with Crippen molar-refractivity contribution in [1.29, 1.82) is 0 Å². The quantitative estimate of drug-likeness (QED) is 0.934. The van der Waals surface area contributed by atoms with E-state index in [4.69, 9.17) is 4.74 Å². The predicted octanol–water partition coefficient (Wildman–Crippen LogP) is 3.56. The highest BCUT2D eigenvalue weighted by molar-refractivity contribution is 5.95. The van der Waals surface area contributed by atoms with E-state index in [0.717, 1.165) is 31.0 Å². The summed E-state index contributed by atoms with van der Waals surface area (Å²) in [6, 6.07) is 8.24. The molecule has 0 spiro atoms. The summed E-state index contributed by atoms with van der Waals surface area (Å²) in [5.41, 5.74) is 1.57. The zero-order valence-electron chi connectivity index (χ0n) is 14.6. The molecule has 1 amide bonds. The molecule has 2 atom stereocenters. The van der Waals surface area contributed by atoms with Gasteiger partial charge in [-0.05, 0) is 51.3 Å². The molecular formula is C19H25N3O2. The third-order valence-corrected chi connectivity index (χ3v) is 4.92. The molecular weight excluding hydrogens is 302 g/mol. The van der Waals surface area contributed by atoms with Gasteiger partial charge < -0.3 is 14.6 Å². The lowest BCUT2D eigenvalue weighted by Gasteiger charge is -2.31. The molecule has 0 radical (unpaired) electrons. The van der Waals surface area contributed by atoms with Crippen LogP contribution in [0.1, 0.15) is 44.1 Å². The van der Waals surface area contributed by atoms with E-state index in [0.29, 0.717) is 6.61 Å². The van der Waals surface area contributed by atoms with E-state index in [-0.39, 0.29) is 11.9 Å². The number of carbonyl (C=O) groups excluding carboxylic acids is 1. The van der Waals surface area contributed by atoms with Crippen molar-refractivity contribution in [3.63, 3.8) is 0 Å². The fourth-order valence-electron chi connectivity index (χ4n) is 3.20. The van der Waals surface area contributed by atoms with Crippen molar-refractivity contribution >= 4 is 11.6 Å². The highest BCUT2D eigenvalue weighted by Gasteiger charge is 2.35. The molecule has 24 heavy (non-hydrogen) atoms. The zero-order valence-corrected chi connectivity index (χ0v) is 14.6. The minimum absolute atomic E-state index is 0.0356. The van der Waals surface area contributed by atoms with Gasteiger partial charge in [-0.3, -0.25) is 4.79 Å². The van der Waals surface area contributed by atoms with Crippen LogP contribution in [-0.4, -0.2) is 28.7 Å². The minimum Gasteiger partial charge on any atom is -0.380 e. The second-order valence-corrected chi connectivity index (χ2v) is 6.85. The largest absolute Gasteiger partial charge is 0.380 e. The Bertz CT molecular complexity index is 700. The molecule has 1 aromatic heterocycles. The number of ether oxygens (including phenoxy) is 1. The molecule has 5 heteroatoms. The standard InChI is InChI=1S/C19H25N3O2/c1-14(22-11-10-20-15(22)2)16-5-7-17(8-6-16)21-18(23)19(3)9-4-12-24-13-19/h5-8,10-11,14H,4,9,12-13H2,1-3H3,(H,21,23)/t14-,19?/m0/s1. The summed E-state index contributed by atoms with van der Waals surface area (Å²) in [6.07, 6.45) is 5.60. The first-order valence-electron chi connectivity index (χ1n) is 8.48. The van der Waals surface area contributed by atoms with Crippen molar-refractivity contribution < 1.29 is 9.53 Å². The summed E-state index contributed by atoms with van der Waals surface area (Å²) in [5, 5.41) is 3.03. The number of carbonyl (C=O) groups is 1. The molecule has 0 bridgehead atoms. The Balaban J connectivity index is 1.68. The maximum Gasteiger partial charge on any atom is 0.232 e. The number of imidazole rings is 1. The number of amides is 1. The van der Waals surface area contributed by atoms with E-state index in [1.807, 2.05) is 38.4 Å². The van der Waals surface area contributed by atoms with Crippen molar-refractivity contribution in [2.75, 3.05) is 18.5 Å². The van der Waals surface area contributed by atoms with Crippen molar-refractivity contribution in [1.82, 2.24) is 9.55 Å². The molecule has 1 fully saturated rings. The van der Waals surface area contributed by atoms with Crippen LogP contribution in [-0.2, 0) is 9.53 Å². The van der Waals surface area contributed by atoms with Gasteiger partial charge in [-0.2, -0.15) is 0 Å². The molecule has 1 aromatic carbocycles. The first kappa shape index (κ1) is 16.7. The normalized spacial score (nSPS) is 22.1. The molecule has 5 nitrogen and oxygen atoms in total. The Morgan fingerprint density at radius 1 is 1.38 bits per heavy atom. The van der Waals surface area contributed by atoms with Gasteiger partial charge in [0, 0.05) is 24.7 Å². The molecule has 3 rings (SSSR count). The number of aryl methyl sites for hydroxylation is 1. The molecule has 1 aliphatic rings. The SMILES string of the molecule is Cc1nccn1[C@@H](C)c1ccc(NC(=O)C2(C)CCCOC2)cc1. The molecule has 0 saturated carbocycles. The highest BCUT2D eigenvalue weighted by Crippen LogP contribution is 2.30. The number of hydrogen-bond donors (Lipinski definition) is 1. The number of hydrogen-bond acceptors (Lipinski definition) is 3. The zero-order chi connectivity index (χ0) is 17.2. The van der Waals surface area contributed by atoms with Gasteiger partial charge >= 0.3 is 0 Å². The molecule has 2 heterocycles. The second-order valence-electron chi connectivity index (χ2n) is 6.85. The lowest BCUT2D eigenvalue weighted by atomic mass is 9.84. The van der Waals surface area contributed by atoms with E-state index in [1.165, 1.54) is 5.56 Å². The number of nitrogens with zero attached hydrogens (tertiary/aromatic N) is 2. The summed E-state index contributed by atoms with van der Waals surface area (Å²) < 4.78 is 7.61. The summed E-state index contributed by atoms with van der Waals surface area (Å²) in [4.78, 5) is 16.8. The highest BCUT2D eigenvalue weighted by atomic mass is 16.5. The monoisotopic (exact) mass is 327 g/mol. The van der Waals surface area contributed by atoms with Crippen molar-refractivity contribution in [2.45, 2.75) is 39.7 Å². The molecule has 128 valence electrons. The lowest BCUT2D eigenvalue weighted by molar-refractivity contribution is -0.131. The van der Waals surface area contributed by atoms with Gasteiger partial charge in [0.25, 0.3) is 0 Å². The average Bonchev–Trinajstić information content (AvgIpc) is 3.01. The van der Waals surface area contributed by atoms with Crippen molar-refractivity contribution in [3.8, 4) is 0 Å². The van der Waals surface area contributed by atoms with E-state index in [9.17, 15) is 4.79 Å². The predicted molar refractivity (Wildman–Crippen MR) is 94.0 cm³/mol. The number of benzene rings is 1. The van der Waals surface area contributed by atoms with Crippen LogP contribution in [0, 0.1) is 12.3 Å². The van der Waals surface area contributed by atoms with Gasteiger partial charge in [0.1, 0.15) is 5.82 Å². The molecule has 1 unspecified atom stereocenters. The van der Waals surface area contributed by atoms with Crippen molar-refractivity contribution in [3.05, 3.63) is 48.0 Å². The Hall–Kier alpha value is -2.14. The second kappa shape index (κ2) is 6.77. The summed E-state index contributed by atoms with van der Waals surface area (Å²) in [6.45, 7) is 7.36. The fourth-order valence-corrected chi connectivity index (χ4v) is 3.20. The van der Waals surface area contributed by atoms with E-state index in [1.54, 1.807) is 0 Å². The number of rotatable bonds is 4. The van der Waals surface area contributed by atoms with Crippen LogP contribution in [0.5, 0.6) is 0 Å². The Kier molecular flexibility index (Phi) is 4.71. The van der Waals surface area contributed by atoms with Crippen molar-refractivity contribution in [2.24, 2.45) is 5.41 Å². The first-order valence-corrected chi connectivity index (χ1v) is 8.48. The molecule has 1 saturated heterocycles. The number of nitrogens with one attached hydrogen (secondary N) is 1. The third-order valence-electron chi connectivity index (χ3n) is 4.92. The van der Waals surface area contributed by atoms with Crippen LogP contribution in [0.25, 0.3) is 0 Å². The minimum atomic E-state index is -0.432. The molecule has 1 N–H and O–H groups in total. The number of aromatic nitrogens is 2. The molecule has 2 aromatic rings. The summed E-state index contributed by atoms with van der Waals surface area (Å²) in [5.74, 6) is 1.03. The topological polar surface area (TPSA) is 56.2 Å². The lowest BCUT2D eigenvalue weighted by Crippen LogP contribution is -2.40. The van der Waals surface area contributed by atoms with Crippen LogP contribution in [0.2, 0.25) is 0 Å². The van der Waals surface area contributed by atoms with Gasteiger partial charge in [-0.25, -0.2) is 4.98 Å². The van der Waals surface area contributed by atoms with Gasteiger partial charge in [-0.15, -0.1) is 0 Å². The molecule has 0 aliphatic carbocycles. The Morgan fingerprint density at radius 3 is 2.71 bits per heavy atom.